The second kappa shape index (κ2) is 4.39. The lowest BCUT2D eigenvalue weighted by Gasteiger charge is -2.04. The summed E-state index contributed by atoms with van der Waals surface area (Å²) in [4.78, 5) is 0. The first-order valence-electron chi connectivity index (χ1n) is 4.34. The smallest absolute Gasteiger partial charge is 0.136 e. The number of ether oxygens (including phenoxy) is 1. The Labute approximate surface area is 87.1 Å². The van der Waals surface area contributed by atoms with Crippen molar-refractivity contribution in [2.45, 2.75) is 0 Å². The molecule has 1 aromatic carbocycles. The van der Waals surface area contributed by atoms with Crippen LogP contribution in [-0.2, 0) is 4.74 Å². The van der Waals surface area contributed by atoms with E-state index in [1.54, 1.807) is 17.1 Å². The van der Waals surface area contributed by atoms with Gasteiger partial charge in [-0.1, -0.05) is 16.8 Å². The summed E-state index contributed by atoms with van der Waals surface area (Å²) in [7, 11) is 0. The van der Waals surface area contributed by atoms with E-state index in [9.17, 15) is 0 Å². The first kappa shape index (κ1) is 9.43. The van der Waals surface area contributed by atoms with E-state index in [0.29, 0.717) is 11.8 Å². The van der Waals surface area contributed by atoms with E-state index >= 15 is 0 Å². The largest absolute Gasteiger partial charge is 0.358 e. The number of rotatable bonds is 2. The third-order valence-corrected chi connectivity index (χ3v) is 2.10. The van der Waals surface area contributed by atoms with E-state index in [-0.39, 0.29) is 0 Å². The molecule has 0 spiro atoms. The molecule has 0 atom stereocenters. The number of hydrogen-bond acceptors (Lipinski definition) is 3. The summed E-state index contributed by atoms with van der Waals surface area (Å²) < 4.78 is 5.12. The minimum Gasteiger partial charge on any atom is -0.358 e. The van der Waals surface area contributed by atoms with E-state index in [0.717, 1.165) is 18.8 Å². The average Bonchev–Trinajstić information content (AvgIpc) is 2.70. The molecule has 0 amide bonds. The van der Waals surface area contributed by atoms with Crippen LogP contribution in [0, 0.1) is 0 Å². The van der Waals surface area contributed by atoms with Crippen molar-refractivity contribution in [2.75, 3.05) is 19.9 Å². The first-order chi connectivity index (χ1) is 6.84. The summed E-state index contributed by atoms with van der Waals surface area (Å²) >= 11 is 5.74. The molecule has 0 unspecified atom stereocenters. The minimum absolute atomic E-state index is 0.525. The predicted molar refractivity (Wildman–Crippen MR) is 53.5 cm³/mol. The SMILES string of the molecule is Clc1ccc(N=NN2CCOC2)cc1. The Hall–Kier alpha value is -1.13. The zero-order chi connectivity index (χ0) is 9.80. The molecule has 14 heavy (non-hydrogen) atoms. The van der Waals surface area contributed by atoms with Crippen LogP contribution in [0.25, 0.3) is 0 Å². The van der Waals surface area contributed by atoms with Gasteiger partial charge < -0.3 is 4.74 Å². The highest BCUT2D eigenvalue weighted by atomic mass is 35.5. The monoisotopic (exact) mass is 211 g/mol. The summed E-state index contributed by atoms with van der Waals surface area (Å²) in [6.45, 7) is 2.05. The van der Waals surface area contributed by atoms with Crippen molar-refractivity contribution >= 4 is 17.3 Å². The molecule has 0 N–H and O–H groups in total. The van der Waals surface area contributed by atoms with E-state index in [1.165, 1.54) is 0 Å². The molecule has 1 aromatic rings. The van der Waals surface area contributed by atoms with Gasteiger partial charge in [-0.05, 0) is 24.3 Å². The van der Waals surface area contributed by atoms with Crippen LogP contribution < -0.4 is 0 Å². The molecule has 1 aliphatic heterocycles. The van der Waals surface area contributed by atoms with E-state index in [4.69, 9.17) is 16.3 Å². The highest BCUT2D eigenvalue weighted by molar-refractivity contribution is 6.30. The fourth-order valence-electron chi connectivity index (χ4n) is 1.10. The topological polar surface area (TPSA) is 37.2 Å². The maximum absolute atomic E-state index is 5.74. The molecule has 1 aliphatic rings. The molecular weight excluding hydrogens is 202 g/mol. The molecule has 0 aliphatic carbocycles. The van der Waals surface area contributed by atoms with Crippen molar-refractivity contribution in [1.82, 2.24) is 5.01 Å². The molecule has 0 radical (unpaired) electrons. The van der Waals surface area contributed by atoms with Gasteiger partial charge in [-0.25, -0.2) is 0 Å². The molecule has 0 saturated carbocycles. The van der Waals surface area contributed by atoms with Crippen LogP contribution in [0.4, 0.5) is 5.69 Å². The Balaban J connectivity index is 1.99. The fourth-order valence-corrected chi connectivity index (χ4v) is 1.22. The maximum Gasteiger partial charge on any atom is 0.136 e. The van der Waals surface area contributed by atoms with Gasteiger partial charge in [-0.3, -0.25) is 5.01 Å². The van der Waals surface area contributed by atoms with Crippen molar-refractivity contribution in [3.8, 4) is 0 Å². The van der Waals surface area contributed by atoms with Crippen LogP contribution in [0.3, 0.4) is 0 Å². The zero-order valence-corrected chi connectivity index (χ0v) is 8.31. The molecule has 1 saturated heterocycles. The Morgan fingerprint density at radius 1 is 1.29 bits per heavy atom. The summed E-state index contributed by atoms with van der Waals surface area (Å²) in [6, 6.07) is 7.22. The van der Waals surface area contributed by atoms with E-state index in [1.807, 2.05) is 12.1 Å². The van der Waals surface area contributed by atoms with Crippen molar-refractivity contribution < 1.29 is 4.74 Å². The van der Waals surface area contributed by atoms with Crippen molar-refractivity contribution in [2.24, 2.45) is 10.3 Å². The Bertz CT molecular complexity index is 319. The van der Waals surface area contributed by atoms with Gasteiger partial charge in [0.1, 0.15) is 6.73 Å². The van der Waals surface area contributed by atoms with Crippen molar-refractivity contribution in [3.63, 3.8) is 0 Å². The third-order valence-electron chi connectivity index (χ3n) is 1.85. The van der Waals surface area contributed by atoms with Gasteiger partial charge >= 0.3 is 0 Å². The highest BCUT2D eigenvalue weighted by Crippen LogP contribution is 2.17. The van der Waals surface area contributed by atoms with Crippen LogP contribution >= 0.6 is 11.6 Å². The molecule has 1 heterocycles. The molecule has 5 heteroatoms. The molecule has 4 nitrogen and oxygen atoms in total. The van der Waals surface area contributed by atoms with E-state index < -0.39 is 0 Å². The van der Waals surface area contributed by atoms with Crippen LogP contribution in [-0.4, -0.2) is 24.9 Å². The second-order valence-electron chi connectivity index (χ2n) is 2.93. The third kappa shape index (κ3) is 2.43. The number of benzene rings is 1. The Morgan fingerprint density at radius 3 is 2.71 bits per heavy atom. The summed E-state index contributed by atoms with van der Waals surface area (Å²) in [5.74, 6) is 0. The van der Waals surface area contributed by atoms with Gasteiger partial charge in [0.15, 0.2) is 0 Å². The van der Waals surface area contributed by atoms with Gasteiger partial charge in [-0.15, -0.1) is 5.11 Å². The van der Waals surface area contributed by atoms with E-state index in [2.05, 4.69) is 10.3 Å². The molecular formula is C9H10ClN3O. The lowest BCUT2D eigenvalue weighted by molar-refractivity contribution is 0.138. The van der Waals surface area contributed by atoms with Gasteiger partial charge in [0.2, 0.25) is 0 Å². The Kier molecular flexibility index (Phi) is 2.96. The second-order valence-corrected chi connectivity index (χ2v) is 3.37. The lowest BCUT2D eigenvalue weighted by atomic mass is 10.3. The summed E-state index contributed by atoms with van der Waals surface area (Å²) in [5, 5.41) is 10.5. The van der Waals surface area contributed by atoms with Crippen molar-refractivity contribution in [3.05, 3.63) is 29.3 Å². The number of nitrogens with zero attached hydrogens (tertiary/aromatic N) is 3. The average molecular weight is 212 g/mol. The van der Waals surface area contributed by atoms with Crippen LogP contribution in [0.2, 0.25) is 5.02 Å². The van der Waals surface area contributed by atoms with Gasteiger partial charge in [0.25, 0.3) is 0 Å². The van der Waals surface area contributed by atoms with Crippen LogP contribution in [0.15, 0.2) is 34.6 Å². The molecule has 74 valence electrons. The lowest BCUT2D eigenvalue weighted by Crippen LogP contribution is -2.10. The first-order valence-corrected chi connectivity index (χ1v) is 4.72. The van der Waals surface area contributed by atoms with Crippen LogP contribution in [0.1, 0.15) is 0 Å². The zero-order valence-electron chi connectivity index (χ0n) is 7.56. The normalized spacial score (nSPS) is 16.8. The summed E-state index contributed by atoms with van der Waals surface area (Å²) in [5.41, 5.74) is 0.793. The van der Waals surface area contributed by atoms with Gasteiger partial charge in [0.05, 0.1) is 18.8 Å². The molecule has 0 aromatic heterocycles. The maximum atomic E-state index is 5.74. The van der Waals surface area contributed by atoms with Crippen LogP contribution in [0.5, 0.6) is 0 Å². The predicted octanol–water partition coefficient (Wildman–Crippen LogP) is 2.63. The molecule has 0 bridgehead atoms. The highest BCUT2D eigenvalue weighted by Gasteiger charge is 2.08. The molecule has 2 rings (SSSR count). The standard InChI is InChI=1S/C9H10ClN3O/c10-8-1-3-9(4-2-8)11-12-13-5-6-14-7-13/h1-4H,5-7H2. The number of hydrogen-bond donors (Lipinski definition) is 0. The quantitative estimate of drug-likeness (QED) is 0.706. The number of halogens is 1. The van der Waals surface area contributed by atoms with Crippen molar-refractivity contribution in [1.29, 1.82) is 0 Å². The molecule has 1 fully saturated rings. The summed E-state index contributed by atoms with van der Waals surface area (Å²) in [6.07, 6.45) is 0. The fraction of sp³-hybridized carbons (Fsp3) is 0.333. The minimum atomic E-state index is 0.525. The van der Waals surface area contributed by atoms with Gasteiger partial charge in [0, 0.05) is 5.02 Å². The van der Waals surface area contributed by atoms with Gasteiger partial charge in [-0.2, -0.15) is 0 Å². The Morgan fingerprint density at radius 2 is 2.07 bits per heavy atom.